The third kappa shape index (κ3) is 5.98. The lowest BCUT2D eigenvalue weighted by Gasteiger charge is -2.11. The number of hydrogen-bond donors (Lipinski definition) is 1. The lowest BCUT2D eigenvalue weighted by atomic mass is 10.1. The molecular formula is C14H22N2O2S. The van der Waals surface area contributed by atoms with Crippen molar-refractivity contribution in [2.24, 2.45) is 0 Å². The van der Waals surface area contributed by atoms with E-state index in [0.717, 1.165) is 17.9 Å². The van der Waals surface area contributed by atoms with Gasteiger partial charge in [-0.3, -0.25) is 4.79 Å². The maximum absolute atomic E-state index is 11.5. The van der Waals surface area contributed by atoms with Crippen LogP contribution in [0.3, 0.4) is 0 Å². The molecule has 0 heterocycles. The maximum atomic E-state index is 11.5. The summed E-state index contributed by atoms with van der Waals surface area (Å²) in [5, 5.41) is 2.84. The fourth-order valence-electron chi connectivity index (χ4n) is 1.43. The monoisotopic (exact) mass is 282 g/mol. The molecule has 0 bridgehead atoms. The zero-order valence-corrected chi connectivity index (χ0v) is 12.8. The number of benzene rings is 1. The van der Waals surface area contributed by atoms with Crippen molar-refractivity contribution in [1.82, 2.24) is 10.2 Å². The van der Waals surface area contributed by atoms with E-state index in [1.54, 1.807) is 0 Å². The number of nitrogens with one attached hydrogen (secondary N) is 1. The normalized spacial score (nSPS) is 10.6. The van der Waals surface area contributed by atoms with Crippen molar-refractivity contribution in [3.63, 3.8) is 0 Å². The summed E-state index contributed by atoms with van der Waals surface area (Å²) in [6.07, 6.45) is 0. The predicted molar refractivity (Wildman–Crippen MR) is 80.6 cm³/mol. The number of hydrogen-bond acceptors (Lipinski definition) is 4. The van der Waals surface area contributed by atoms with Crippen LogP contribution in [0, 0.1) is 13.8 Å². The third-order valence-electron chi connectivity index (χ3n) is 2.77. The summed E-state index contributed by atoms with van der Waals surface area (Å²) in [6, 6.07) is 5.91. The van der Waals surface area contributed by atoms with Crippen LogP contribution < -0.4 is 9.50 Å². The Hall–Kier alpha value is -1.20. The highest BCUT2D eigenvalue weighted by Gasteiger charge is 2.05. The highest BCUT2D eigenvalue weighted by atomic mass is 32.2. The van der Waals surface area contributed by atoms with Gasteiger partial charge in [-0.05, 0) is 45.1 Å². The zero-order chi connectivity index (χ0) is 14.3. The molecule has 1 N–H and O–H groups in total. The molecule has 106 valence electrons. The van der Waals surface area contributed by atoms with Gasteiger partial charge in [-0.2, -0.15) is 0 Å². The number of likely N-dealkylation sites (N-methyl/N-ethyl adjacent to an activating group) is 1. The Kier molecular flexibility index (Phi) is 6.73. The lowest BCUT2D eigenvalue weighted by Crippen LogP contribution is -2.32. The molecule has 19 heavy (non-hydrogen) atoms. The smallest absolute Gasteiger partial charge is 0.233 e. The molecule has 0 aliphatic heterocycles. The van der Waals surface area contributed by atoms with Gasteiger partial charge < -0.3 is 14.4 Å². The van der Waals surface area contributed by atoms with Crippen LogP contribution in [0.15, 0.2) is 18.2 Å². The zero-order valence-electron chi connectivity index (χ0n) is 12.0. The molecule has 0 saturated heterocycles. The Morgan fingerprint density at radius 2 is 2.11 bits per heavy atom. The Balaban J connectivity index is 2.26. The molecule has 0 saturated carbocycles. The maximum Gasteiger partial charge on any atom is 0.233 e. The van der Waals surface area contributed by atoms with Crippen molar-refractivity contribution in [2.75, 3.05) is 32.9 Å². The first kappa shape index (κ1) is 15.9. The van der Waals surface area contributed by atoms with Gasteiger partial charge >= 0.3 is 0 Å². The van der Waals surface area contributed by atoms with Crippen molar-refractivity contribution in [1.29, 1.82) is 0 Å². The molecule has 1 amide bonds. The second-order valence-corrected chi connectivity index (χ2v) is 5.39. The Bertz CT molecular complexity index is 422. The molecule has 0 radical (unpaired) electrons. The highest BCUT2D eigenvalue weighted by Crippen LogP contribution is 2.23. The minimum atomic E-state index is -0.00263. The second kappa shape index (κ2) is 8.07. The standard InChI is InChI=1S/C14H22N2O2S/c1-11-6-5-7-13(12(11)2)18-19-10-14(17)15-8-9-16(3)4/h5-7H,8-10H2,1-4H3,(H,15,17). The minimum Gasteiger partial charge on any atom is -0.425 e. The van der Waals surface area contributed by atoms with Crippen LogP contribution in [-0.2, 0) is 4.79 Å². The summed E-state index contributed by atoms with van der Waals surface area (Å²) in [4.78, 5) is 13.6. The van der Waals surface area contributed by atoms with E-state index in [1.165, 1.54) is 17.6 Å². The SMILES string of the molecule is Cc1cccc(OSCC(=O)NCCN(C)C)c1C. The van der Waals surface area contributed by atoms with Gasteiger partial charge in [0.25, 0.3) is 0 Å². The summed E-state index contributed by atoms with van der Waals surface area (Å²) >= 11 is 1.17. The summed E-state index contributed by atoms with van der Waals surface area (Å²) in [6.45, 7) is 5.56. The third-order valence-corrected chi connectivity index (χ3v) is 3.45. The van der Waals surface area contributed by atoms with E-state index >= 15 is 0 Å². The summed E-state index contributed by atoms with van der Waals surface area (Å²) in [5.74, 6) is 1.13. The summed E-state index contributed by atoms with van der Waals surface area (Å²) < 4.78 is 5.56. The van der Waals surface area contributed by atoms with Crippen LogP contribution in [0.5, 0.6) is 5.75 Å². The number of nitrogens with zero attached hydrogens (tertiary/aromatic N) is 1. The van der Waals surface area contributed by atoms with E-state index in [2.05, 4.69) is 5.32 Å². The number of carbonyl (C=O) groups is 1. The fraction of sp³-hybridized carbons (Fsp3) is 0.500. The Morgan fingerprint density at radius 1 is 1.37 bits per heavy atom. The molecule has 0 aliphatic rings. The minimum absolute atomic E-state index is 0.00263. The summed E-state index contributed by atoms with van der Waals surface area (Å²) in [5.41, 5.74) is 2.30. The van der Waals surface area contributed by atoms with Gasteiger partial charge in [-0.1, -0.05) is 12.1 Å². The average molecular weight is 282 g/mol. The molecule has 0 unspecified atom stereocenters. The van der Waals surface area contributed by atoms with Gasteiger partial charge in [0, 0.05) is 13.1 Å². The fourth-order valence-corrected chi connectivity index (χ4v) is 2.01. The number of carbonyl (C=O) groups excluding carboxylic acids is 1. The van der Waals surface area contributed by atoms with E-state index in [-0.39, 0.29) is 5.91 Å². The number of rotatable bonds is 7. The summed E-state index contributed by atoms with van der Waals surface area (Å²) in [7, 11) is 3.95. The van der Waals surface area contributed by atoms with Crippen LogP contribution in [0.4, 0.5) is 0 Å². The van der Waals surface area contributed by atoms with Crippen molar-refractivity contribution >= 4 is 17.9 Å². The van der Waals surface area contributed by atoms with Crippen LogP contribution in [0.25, 0.3) is 0 Å². The Labute approximate surface area is 119 Å². The van der Waals surface area contributed by atoms with Gasteiger partial charge in [0.05, 0.1) is 12.0 Å². The van der Waals surface area contributed by atoms with Crippen LogP contribution in [-0.4, -0.2) is 43.7 Å². The van der Waals surface area contributed by atoms with Gasteiger partial charge in [-0.15, -0.1) is 0 Å². The van der Waals surface area contributed by atoms with Crippen molar-refractivity contribution in [3.05, 3.63) is 29.3 Å². The Morgan fingerprint density at radius 3 is 2.79 bits per heavy atom. The first-order valence-electron chi connectivity index (χ1n) is 6.28. The quantitative estimate of drug-likeness (QED) is 0.777. The molecule has 1 aromatic carbocycles. The molecule has 0 aromatic heterocycles. The first-order chi connectivity index (χ1) is 9.00. The molecular weight excluding hydrogens is 260 g/mol. The molecule has 4 nitrogen and oxygen atoms in total. The molecule has 0 aliphatic carbocycles. The van der Waals surface area contributed by atoms with E-state index in [4.69, 9.17) is 4.18 Å². The predicted octanol–water partition coefficient (Wildman–Crippen LogP) is 2.01. The molecule has 0 fully saturated rings. The molecule has 0 atom stereocenters. The lowest BCUT2D eigenvalue weighted by molar-refractivity contribution is -0.118. The average Bonchev–Trinajstić information content (AvgIpc) is 2.34. The number of amides is 1. The van der Waals surface area contributed by atoms with Crippen molar-refractivity contribution in [2.45, 2.75) is 13.8 Å². The van der Waals surface area contributed by atoms with E-state index in [0.29, 0.717) is 12.3 Å². The molecule has 1 aromatic rings. The molecule has 5 heteroatoms. The van der Waals surface area contributed by atoms with Crippen LogP contribution in [0.1, 0.15) is 11.1 Å². The van der Waals surface area contributed by atoms with Gasteiger partial charge in [0.15, 0.2) is 0 Å². The second-order valence-electron chi connectivity index (χ2n) is 4.70. The number of aryl methyl sites for hydroxylation is 1. The van der Waals surface area contributed by atoms with E-state index in [1.807, 2.05) is 51.0 Å². The van der Waals surface area contributed by atoms with Crippen LogP contribution >= 0.6 is 12.0 Å². The van der Waals surface area contributed by atoms with Gasteiger partial charge in [0.1, 0.15) is 11.5 Å². The highest BCUT2D eigenvalue weighted by molar-refractivity contribution is 7.95. The molecule has 0 spiro atoms. The largest absolute Gasteiger partial charge is 0.425 e. The van der Waals surface area contributed by atoms with Crippen molar-refractivity contribution < 1.29 is 8.98 Å². The van der Waals surface area contributed by atoms with E-state index < -0.39 is 0 Å². The van der Waals surface area contributed by atoms with Gasteiger partial charge in [-0.25, -0.2) is 0 Å². The van der Waals surface area contributed by atoms with E-state index in [9.17, 15) is 4.79 Å². The van der Waals surface area contributed by atoms with Gasteiger partial charge in [0.2, 0.25) is 5.91 Å². The molecule has 1 rings (SSSR count). The first-order valence-corrected chi connectivity index (χ1v) is 7.19. The topological polar surface area (TPSA) is 41.6 Å². The van der Waals surface area contributed by atoms with Crippen molar-refractivity contribution in [3.8, 4) is 5.75 Å². The van der Waals surface area contributed by atoms with Crippen LogP contribution in [0.2, 0.25) is 0 Å².